The van der Waals surface area contributed by atoms with Gasteiger partial charge in [0.1, 0.15) is 5.69 Å². The highest BCUT2D eigenvalue weighted by Crippen LogP contribution is 2.23. The summed E-state index contributed by atoms with van der Waals surface area (Å²) >= 11 is 4.83. The molecule has 1 saturated heterocycles. The molecule has 0 spiro atoms. The van der Waals surface area contributed by atoms with Crippen LogP contribution in [0.25, 0.3) is 0 Å². The van der Waals surface area contributed by atoms with E-state index < -0.39 is 0 Å². The number of rotatable bonds is 2. The monoisotopic (exact) mass is 326 g/mol. The molecular formula is C11H11BrN4OS. The van der Waals surface area contributed by atoms with Crippen molar-refractivity contribution in [3.8, 4) is 0 Å². The molecule has 0 N–H and O–H groups in total. The summed E-state index contributed by atoms with van der Waals surface area (Å²) in [7, 11) is 0. The highest BCUT2D eigenvalue weighted by atomic mass is 79.9. The van der Waals surface area contributed by atoms with Crippen LogP contribution in [0.1, 0.15) is 23.0 Å². The lowest BCUT2D eigenvalue weighted by Gasteiger charge is -2.15. The molecular weight excluding hydrogens is 316 g/mol. The van der Waals surface area contributed by atoms with Gasteiger partial charge in [-0.25, -0.2) is 4.98 Å². The summed E-state index contributed by atoms with van der Waals surface area (Å²) < 4.78 is 2.88. The van der Waals surface area contributed by atoms with Crippen molar-refractivity contribution < 1.29 is 4.79 Å². The Bertz CT molecular complexity index is 553. The zero-order valence-corrected chi connectivity index (χ0v) is 11.9. The Morgan fingerprint density at radius 1 is 1.56 bits per heavy atom. The number of amides is 1. The summed E-state index contributed by atoms with van der Waals surface area (Å²) in [5, 5.41) is 6.06. The Hall–Kier alpha value is -1.21. The number of carbonyl (C=O) groups is 1. The molecule has 1 unspecified atom stereocenters. The smallest absolute Gasteiger partial charge is 0.273 e. The summed E-state index contributed by atoms with van der Waals surface area (Å²) in [6.07, 6.45) is 4.65. The first-order valence-electron chi connectivity index (χ1n) is 5.61. The van der Waals surface area contributed by atoms with Crippen LogP contribution in [0.15, 0.2) is 27.8 Å². The lowest BCUT2D eigenvalue weighted by molar-refractivity contribution is 0.0782. The van der Waals surface area contributed by atoms with Crippen molar-refractivity contribution in [2.24, 2.45) is 0 Å². The van der Waals surface area contributed by atoms with Crippen molar-refractivity contribution in [2.75, 3.05) is 13.1 Å². The van der Waals surface area contributed by atoms with E-state index >= 15 is 0 Å². The van der Waals surface area contributed by atoms with Crippen LogP contribution in [-0.4, -0.2) is 38.7 Å². The van der Waals surface area contributed by atoms with Crippen LogP contribution in [0.2, 0.25) is 0 Å². The summed E-state index contributed by atoms with van der Waals surface area (Å²) in [5.74, 6) is 0.0185. The Kier molecular flexibility index (Phi) is 3.17. The van der Waals surface area contributed by atoms with Crippen molar-refractivity contribution >= 4 is 33.2 Å². The zero-order chi connectivity index (χ0) is 12.5. The maximum Gasteiger partial charge on any atom is 0.273 e. The molecule has 1 amide bonds. The maximum atomic E-state index is 12.1. The standard InChI is InChI=1S/C11H11BrN4OS/c12-8-3-14-16(4-8)9-1-2-15(5-9)11(17)10-6-18-7-13-10/h3-4,6-7,9H,1-2,5H2. The number of thiazole rings is 1. The fourth-order valence-corrected chi connectivity index (χ4v) is 2.96. The minimum absolute atomic E-state index is 0.0185. The Balaban J connectivity index is 1.70. The largest absolute Gasteiger partial charge is 0.335 e. The van der Waals surface area contributed by atoms with Crippen molar-refractivity contribution in [1.29, 1.82) is 0 Å². The molecule has 18 heavy (non-hydrogen) atoms. The van der Waals surface area contributed by atoms with E-state index in [-0.39, 0.29) is 11.9 Å². The SMILES string of the molecule is O=C(c1cscn1)N1CCC(n2cc(Br)cn2)C1. The molecule has 94 valence electrons. The van der Waals surface area contributed by atoms with Crippen molar-refractivity contribution in [3.05, 3.63) is 33.5 Å². The summed E-state index contributed by atoms with van der Waals surface area (Å²) in [4.78, 5) is 18.0. The van der Waals surface area contributed by atoms with Gasteiger partial charge < -0.3 is 4.90 Å². The summed E-state index contributed by atoms with van der Waals surface area (Å²) in [6, 6.07) is 0.263. The first-order valence-corrected chi connectivity index (χ1v) is 7.35. The van der Waals surface area contributed by atoms with E-state index in [1.165, 1.54) is 11.3 Å². The van der Waals surface area contributed by atoms with Crippen molar-refractivity contribution in [2.45, 2.75) is 12.5 Å². The molecule has 1 fully saturated rings. The number of aromatic nitrogens is 3. The molecule has 3 heterocycles. The fourth-order valence-electron chi connectivity index (χ4n) is 2.14. The van der Waals surface area contributed by atoms with Gasteiger partial charge in [0, 0.05) is 24.7 Å². The molecule has 2 aromatic rings. The molecule has 1 aliphatic heterocycles. The molecule has 0 radical (unpaired) electrons. The normalized spacial score (nSPS) is 19.4. The quantitative estimate of drug-likeness (QED) is 0.850. The minimum Gasteiger partial charge on any atom is -0.335 e. The fraction of sp³-hybridized carbons (Fsp3) is 0.364. The molecule has 3 rings (SSSR count). The number of halogens is 1. The minimum atomic E-state index is 0.0185. The number of hydrogen-bond donors (Lipinski definition) is 0. The third kappa shape index (κ3) is 2.20. The van der Waals surface area contributed by atoms with Crippen LogP contribution in [0.3, 0.4) is 0 Å². The molecule has 2 aromatic heterocycles. The Morgan fingerprint density at radius 2 is 2.44 bits per heavy atom. The molecule has 0 bridgehead atoms. The van der Waals surface area contributed by atoms with E-state index in [2.05, 4.69) is 26.0 Å². The molecule has 1 atom stereocenters. The van der Waals surface area contributed by atoms with Crippen LogP contribution in [0.4, 0.5) is 0 Å². The Morgan fingerprint density at radius 3 is 3.11 bits per heavy atom. The van der Waals surface area contributed by atoms with Gasteiger partial charge in [0.25, 0.3) is 5.91 Å². The molecule has 0 aliphatic carbocycles. The third-order valence-electron chi connectivity index (χ3n) is 3.05. The summed E-state index contributed by atoms with van der Waals surface area (Å²) in [5.41, 5.74) is 2.23. The van der Waals surface area contributed by atoms with Crippen LogP contribution in [-0.2, 0) is 0 Å². The topological polar surface area (TPSA) is 51.0 Å². The van der Waals surface area contributed by atoms with E-state index in [4.69, 9.17) is 0 Å². The summed E-state index contributed by atoms with van der Waals surface area (Å²) in [6.45, 7) is 1.46. The maximum absolute atomic E-state index is 12.1. The highest BCUT2D eigenvalue weighted by molar-refractivity contribution is 9.10. The van der Waals surface area contributed by atoms with Gasteiger partial charge in [-0.2, -0.15) is 5.10 Å². The number of carbonyl (C=O) groups excluding carboxylic acids is 1. The lowest BCUT2D eigenvalue weighted by Crippen LogP contribution is -2.29. The Labute approximate surface area is 117 Å². The van der Waals surface area contributed by atoms with E-state index in [0.717, 1.165) is 17.4 Å². The van der Waals surface area contributed by atoms with Gasteiger partial charge >= 0.3 is 0 Å². The van der Waals surface area contributed by atoms with Gasteiger partial charge in [0.05, 0.1) is 22.2 Å². The number of hydrogen-bond acceptors (Lipinski definition) is 4. The average molecular weight is 327 g/mol. The third-order valence-corrected chi connectivity index (χ3v) is 4.04. The second-order valence-electron chi connectivity index (χ2n) is 4.21. The van der Waals surface area contributed by atoms with Crippen LogP contribution < -0.4 is 0 Å². The first kappa shape index (κ1) is 11.9. The molecule has 7 heteroatoms. The van der Waals surface area contributed by atoms with E-state index in [9.17, 15) is 4.79 Å². The van der Waals surface area contributed by atoms with Gasteiger partial charge in [0.2, 0.25) is 0 Å². The molecule has 5 nitrogen and oxygen atoms in total. The molecule has 0 saturated carbocycles. The first-order chi connectivity index (χ1) is 8.74. The van der Waals surface area contributed by atoms with E-state index in [0.29, 0.717) is 12.2 Å². The van der Waals surface area contributed by atoms with Gasteiger partial charge in [-0.3, -0.25) is 9.48 Å². The van der Waals surface area contributed by atoms with Crippen molar-refractivity contribution in [3.63, 3.8) is 0 Å². The van der Waals surface area contributed by atoms with Gasteiger partial charge in [0.15, 0.2) is 0 Å². The number of likely N-dealkylation sites (tertiary alicyclic amines) is 1. The predicted molar refractivity (Wildman–Crippen MR) is 71.6 cm³/mol. The predicted octanol–water partition coefficient (Wildman–Crippen LogP) is 2.19. The van der Waals surface area contributed by atoms with Gasteiger partial charge in [-0.05, 0) is 22.4 Å². The zero-order valence-electron chi connectivity index (χ0n) is 9.49. The van der Waals surface area contributed by atoms with Crippen LogP contribution in [0, 0.1) is 0 Å². The van der Waals surface area contributed by atoms with Crippen LogP contribution >= 0.6 is 27.3 Å². The van der Waals surface area contributed by atoms with Crippen LogP contribution in [0.5, 0.6) is 0 Å². The van der Waals surface area contributed by atoms with Crippen molar-refractivity contribution in [1.82, 2.24) is 19.7 Å². The number of nitrogens with zero attached hydrogens (tertiary/aromatic N) is 4. The van der Waals surface area contributed by atoms with Gasteiger partial charge in [-0.1, -0.05) is 0 Å². The van der Waals surface area contributed by atoms with E-state index in [1.807, 2.05) is 15.8 Å². The molecule has 0 aromatic carbocycles. The van der Waals surface area contributed by atoms with Gasteiger partial charge in [-0.15, -0.1) is 11.3 Å². The highest BCUT2D eigenvalue weighted by Gasteiger charge is 2.29. The average Bonchev–Trinajstić information content (AvgIpc) is 3.09. The second kappa shape index (κ2) is 4.81. The van der Waals surface area contributed by atoms with E-state index in [1.54, 1.807) is 17.1 Å². The second-order valence-corrected chi connectivity index (χ2v) is 5.84. The lowest BCUT2D eigenvalue weighted by atomic mass is 10.3. The molecule has 1 aliphatic rings.